The zero-order valence-corrected chi connectivity index (χ0v) is 15.1. The van der Waals surface area contributed by atoms with Crippen molar-refractivity contribution in [2.75, 3.05) is 6.61 Å². The van der Waals surface area contributed by atoms with Crippen LogP contribution in [0.25, 0.3) is 0 Å². The summed E-state index contributed by atoms with van der Waals surface area (Å²) >= 11 is 0. The summed E-state index contributed by atoms with van der Waals surface area (Å²) in [5, 5.41) is 8.96. The summed E-state index contributed by atoms with van der Waals surface area (Å²) in [6, 6.07) is 0. The number of aliphatic hydroxyl groups is 1. The van der Waals surface area contributed by atoms with Gasteiger partial charge in [0.15, 0.2) is 0 Å². The van der Waals surface area contributed by atoms with Gasteiger partial charge >= 0.3 is 47.7 Å². The van der Waals surface area contributed by atoms with E-state index in [-0.39, 0.29) is 0 Å². The van der Waals surface area contributed by atoms with E-state index in [1.54, 1.807) is 0 Å². The Morgan fingerprint density at radius 3 is 1.47 bits per heavy atom. The van der Waals surface area contributed by atoms with Gasteiger partial charge in [-0.1, -0.05) is 6.58 Å². The normalized spacial score (nSPS) is 16.0. The van der Waals surface area contributed by atoms with Gasteiger partial charge < -0.3 is 9.84 Å². The molecule has 0 heterocycles. The van der Waals surface area contributed by atoms with Crippen molar-refractivity contribution in [2.45, 2.75) is 61.2 Å². The average molecular weight is 512 g/mol. The lowest BCUT2D eigenvalue weighted by molar-refractivity contribution is -0.460. The highest BCUT2D eigenvalue weighted by Crippen LogP contribution is 2.64. The van der Waals surface area contributed by atoms with Crippen LogP contribution < -0.4 is 0 Å². The molecule has 0 aliphatic rings. The number of aliphatic hydroxyl groups excluding tert-OH is 1. The molecule has 1 N–H and O–H groups in total. The topological polar surface area (TPSA) is 46.5 Å². The average Bonchev–Trinajstić information content (AvgIpc) is 2.57. The van der Waals surface area contributed by atoms with Gasteiger partial charge in [-0.15, -0.1) is 0 Å². The Morgan fingerprint density at radius 2 is 1.16 bits per heavy atom. The third kappa shape index (κ3) is 4.46. The maximum absolute atomic E-state index is 13.6. The highest BCUT2D eigenvalue weighted by molar-refractivity contribution is 5.86. The number of halogens is 15. The molecule has 0 aromatic rings. The van der Waals surface area contributed by atoms with Crippen molar-refractivity contribution in [3.63, 3.8) is 0 Å². The molecule has 0 saturated heterocycles. The van der Waals surface area contributed by atoms with E-state index in [1.165, 1.54) is 0 Å². The fourth-order valence-corrected chi connectivity index (χ4v) is 1.92. The second-order valence-corrected chi connectivity index (χ2v) is 6.22. The number of ether oxygens (including phenoxy) is 1. The van der Waals surface area contributed by atoms with E-state index in [2.05, 4.69) is 11.3 Å². The van der Waals surface area contributed by atoms with E-state index in [9.17, 15) is 70.7 Å². The number of alkyl halides is 15. The van der Waals surface area contributed by atoms with Crippen LogP contribution in [0.5, 0.6) is 0 Å². The highest BCUT2D eigenvalue weighted by atomic mass is 19.4. The largest absolute Gasteiger partial charge is 0.462 e. The summed E-state index contributed by atoms with van der Waals surface area (Å²) in [6.45, 7) is 2.44. The molecule has 18 heteroatoms. The van der Waals surface area contributed by atoms with Crippen molar-refractivity contribution in [1.82, 2.24) is 0 Å². The van der Waals surface area contributed by atoms with Crippen molar-refractivity contribution in [3.8, 4) is 0 Å². The molecule has 0 aromatic carbocycles. The van der Waals surface area contributed by atoms with Crippen molar-refractivity contribution >= 4 is 5.97 Å². The van der Waals surface area contributed by atoms with Gasteiger partial charge in [0, 0.05) is 12.0 Å². The number of carbonyl (C=O) groups excluding carboxylic acids is 1. The summed E-state index contributed by atoms with van der Waals surface area (Å²) in [5.74, 6) is -33.1. The summed E-state index contributed by atoms with van der Waals surface area (Å²) in [5.41, 5.74) is -8.83. The van der Waals surface area contributed by atoms with Gasteiger partial charge in [-0.3, -0.25) is 0 Å². The summed E-state index contributed by atoms with van der Waals surface area (Å²) in [7, 11) is 0. The van der Waals surface area contributed by atoms with Gasteiger partial charge in [-0.05, 0) is 6.92 Å². The van der Waals surface area contributed by atoms with Gasteiger partial charge in [0.25, 0.3) is 0 Å². The SMILES string of the molecule is C=C(C)C(=O)OCCC(O)C(F)(F)C(F)(F)C(F)(F)C(F)(F)C(F)(C(F)(F)F)C(F)(F)F. The number of rotatable bonds is 9. The van der Waals surface area contributed by atoms with E-state index in [1.807, 2.05) is 0 Å². The zero-order chi connectivity index (χ0) is 26.4. The monoisotopic (exact) mass is 512 g/mol. The minimum Gasteiger partial charge on any atom is -0.462 e. The molecule has 32 heavy (non-hydrogen) atoms. The Bertz CT molecular complexity index is 693. The lowest BCUT2D eigenvalue weighted by Gasteiger charge is -2.43. The fourth-order valence-electron chi connectivity index (χ4n) is 1.92. The van der Waals surface area contributed by atoms with Crippen LogP contribution in [-0.4, -0.2) is 65.5 Å². The first-order chi connectivity index (χ1) is 13.7. The van der Waals surface area contributed by atoms with Gasteiger partial charge in [0.05, 0.1) is 6.61 Å². The number of hydrogen-bond acceptors (Lipinski definition) is 3. The molecular weight excluding hydrogens is 501 g/mol. The zero-order valence-electron chi connectivity index (χ0n) is 15.1. The van der Waals surface area contributed by atoms with Gasteiger partial charge in [0.2, 0.25) is 0 Å². The Labute approximate surface area is 167 Å². The molecule has 0 aromatic heterocycles. The molecule has 0 aliphatic heterocycles. The van der Waals surface area contributed by atoms with Gasteiger partial charge in [0.1, 0.15) is 6.10 Å². The minimum absolute atomic E-state index is 0.429. The van der Waals surface area contributed by atoms with E-state index in [0.29, 0.717) is 0 Å². The van der Waals surface area contributed by atoms with Crippen LogP contribution in [-0.2, 0) is 9.53 Å². The minimum atomic E-state index is -8.56. The molecule has 0 amide bonds. The van der Waals surface area contributed by atoms with E-state index < -0.39 is 72.4 Å². The van der Waals surface area contributed by atoms with Crippen molar-refractivity contribution < 1.29 is 80.5 Å². The maximum Gasteiger partial charge on any atom is 0.438 e. The molecule has 0 rings (SSSR count). The Morgan fingerprint density at radius 1 is 0.781 bits per heavy atom. The summed E-state index contributed by atoms with van der Waals surface area (Å²) < 4.78 is 200. The van der Waals surface area contributed by atoms with Crippen LogP contribution in [0.15, 0.2) is 12.2 Å². The second kappa shape index (κ2) is 8.48. The standard InChI is InChI=1S/C14H11F15O3/c1-5(2)7(31)32-4-3-6(30)8(15,16)10(18,19)12(22,23)11(20,21)9(17,13(24,25)26)14(27,28)29/h6,30H,1,3-4H2,2H3. The lowest BCUT2D eigenvalue weighted by Crippen LogP contribution is -2.76. The molecule has 0 saturated carbocycles. The molecule has 0 bridgehead atoms. The predicted molar refractivity (Wildman–Crippen MR) is 72.1 cm³/mol. The molecular formula is C14H11F15O3. The van der Waals surface area contributed by atoms with Crippen LogP contribution in [0.4, 0.5) is 65.9 Å². The molecule has 0 aliphatic carbocycles. The van der Waals surface area contributed by atoms with Crippen molar-refractivity contribution in [3.05, 3.63) is 12.2 Å². The maximum atomic E-state index is 13.6. The molecule has 1 atom stereocenters. The van der Waals surface area contributed by atoms with Crippen LogP contribution in [0.2, 0.25) is 0 Å². The number of hydrogen-bond donors (Lipinski definition) is 1. The third-order valence-corrected chi connectivity index (χ3v) is 3.81. The second-order valence-electron chi connectivity index (χ2n) is 6.22. The van der Waals surface area contributed by atoms with Gasteiger partial charge in [-0.2, -0.15) is 61.5 Å². The van der Waals surface area contributed by atoms with Crippen LogP contribution >= 0.6 is 0 Å². The highest BCUT2D eigenvalue weighted by Gasteiger charge is 2.95. The lowest BCUT2D eigenvalue weighted by atomic mass is 9.84. The Kier molecular flexibility index (Phi) is 7.98. The quantitative estimate of drug-likeness (QED) is 0.262. The molecule has 3 nitrogen and oxygen atoms in total. The van der Waals surface area contributed by atoms with Crippen molar-refractivity contribution in [1.29, 1.82) is 0 Å². The molecule has 0 spiro atoms. The van der Waals surface area contributed by atoms with Crippen LogP contribution in [0.1, 0.15) is 13.3 Å². The Balaban J connectivity index is 6.29. The summed E-state index contributed by atoms with van der Waals surface area (Å²) in [4.78, 5) is 10.9. The smallest absolute Gasteiger partial charge is 0.438 e. The summed E-state index contributed by atoms with van der Waals surface area (Å²) in [6.07, 6.45) is -22.2. The third-order valence-electron chi connectivity index (χ3n) is 3.81. The molecule has 190 valence electrons. The molecule has 1 unspecified atom stereocenters. The van der Waals surface area contributed by atoms with Crippen molar-refractivity contribution in [2.24, 2.45) is 0 Å². The first kappa shape index (κ1) is 30.1. The van der Waals surface area contributed by atoms with E-state index in [4.69, 9.17) is 5.11 Å². The van der Waals surface area contributed by atoms with Gasteiger partial charge in [-0.25, -0.2) is 9.18 Å². The van der Waals surface area contributed by atoms with Crippen LogP contribution in [0.3, 0.4) is 0 Å². The van der Waals surface area contributed by atoms with Crippen LogP contribution in [0, 0.1) is 0 Å². The first-order valence-corrected chi connectivity index (χ1v) is 7.59. The first-order valence-electron chi connectivity index (χ1n) is 7.59. The van der Waals surface area contributed by atoms with E-state index in [0.717, 1.165) is 6.92 Å². The predicted octanol–water partition coefficient (Wildman–Crippen LogP) is 5.23. The Hall–Kier alpha value is -1.88. The number of esters is 1. The fraction of sp³-hybridized carbons (Fsp3) is 0.786. The van der Waals surface area contributed by atoms with E-state index >= 15 is 0 Å². The number of carbonyl (C=O) groups is 1. The molecule has 0 radical (unpaired) electrons. The molecule has 0 fully saturated rings.